The monoisotopic (exact) mass is 467 g/mol. The molecular weight excluding hydrogens is 446 g/mol. The minimum atomic E-state index is -0.870. The van der Waals surface area contributed by atoms with E-state index in [-0.39, 0.29) is 12.6 Å². The molecule has 3 aromatic rings. The number of aliphatic hydroxyl groups excluding tert-OH is 1. The maximum absolute atomic E-state index is 12.7. The fourth-order valence-electron chi connectivity index (χ4n) is 3.46. The summed E-state index contributed by atoms with van der Waals surface area (Å²) in [4.78, 5) is 24.2. The summed E-state index contributed by atoms with van der Waals surface area (Å²) in [5.74, 6) is 0.950. The predicted molar refractivity (Wildman–Crippen MR) is 125 cm³/mol. The summed E-state index contributed by atoms with van der Waals surface area (Å²) in [6, 6.07) is 12.7. The van der Waals surface area contributed by atoms with Crippen molar-refractivity contribution in [2.24, 2.45) is 0 Å². The third-order valence-electron chi connectivity index (χ3n) is 5.00. The van der Waals surface area contributed by atoms with Crippen molar-refractivity contribution in [3.05, 3.63) is 53.3 Å². The van der Waals surface area contributed by atoms with Crippen LogP contribution in [0.5, 0.6) is 0 Å². The van der Waals surface area contributed by atoms with Crippen molar-refractivity contribution in [3.8, 4) is 27.8 Å². The first kappa shape index (κ1) is 22.2. The molecule has 10 heteroatoms. The Morgan fingerprint density at radius 1 is 1.28 bits per heavy atom. The summed E-state index contributed by atoms with van der Waals surface area (Å²) in [6.07, 6.45) is 0. The molecule has 0 spiro atoms. The first-order chi connectivity index (χ1) is 15.5. The van der Waals surface area contributed by atoms with Crippen LogP contribution in [0.25, 0.3) is 21.7 Å². The molecule has 4 rings (SSSR count). The maximum atomic E-state index is 12.7. The van der Waals surface area contributed by atoms with E-state index in [2.05, 4.69) is 21.4 Å². The van der Waals surface area contributed by atoms with Crippen LogP contribution in [-0.4, -0.2) is 55.2 Å². The molecular formula is C22H21N5O3S2. The van der Waals surface area contributed by atoms with E-state index in [0.717, 1.165) is 21.7 Å². The Bertz CT molecular complexity index is 1180. The molecule has 1 fully saturated rings. The SMILES string of the molecule is Cc1cc(-c2sc(NC(=O)N3CC[S+]([O-])CC3)nc2-c2cccc(C#N)c2)cc(CO)n1. The van der Waals surface area contributed by atoms with Crippen LogP contribution in [0.15, 0.2) is 36.4 Å². The number of aromatic nitrogens is 2. The van der Waals surface area contributed by atoms with Gasteiger partial charge in [0.2, 0.25) is 0 Å². The quantitative estimate of drug-likeness (QED) is 0.568. The van der Waals surface area contributed by atoms with Gasteiger partial charge in [-0.05, 0) is 36.8 Å². The van der Waals surface area contributed by atoms with E-state index in [9.17, 15) is 19.7 Å². The van der Waals surface area contributed by atoms with Crippen molar-refractivity contribution in [3.63, 3.8) is 0 Å². The number of carbonyl (C=O) groups excluding carboxylic acids is 1. The van der Waals surface area contributed by atoms with Crippen LogP contribution in [0, 0.1) is 18.3 Å². The second kappa shape index (κ2) is 9.67. The third-order valence-corrected chi connectivity index (χ3v) is 7.30. The molecule has 2 N–H and O–H groups in total. The van der Waals surface area contributed by atoms with Gasteiger partial charge in [-0.1, -0.05) is 34.6 Å². The van der Waals surface area contributed by atoms with Gasteiger partial charge in [-0.2, -0.15) is 5.26 Å². The Hall–Kier alpha value is -2.97. The number of urea groups is 1. The Balaban J connectivity index is 1.72. The standard InChI is InChI=1S/C22H21N5O3S2/c1-14-9-17(11-18(13-28)24-14)20-19(16-4-2-3-15(10-16)12-23)25-21(31-20)26-22(29)27-5-7-32(30)8-6-27/h2-4,9-11,28H,5-8,13H2,1H3,(H,25,26,29). The molecule has 164 valence electrons. The summed E-state index contributed by atoms with van der Waals surface area (Å²) in [5, 5.41) is 22.2. The number of nitriles is 1. The molecule has 1 saturated heterocycles. The summed E-state index contributed by atoms with van der Waals surface area (Å²) in [7, 11) is 0. The highest BCUT2D eigenvalue weighted by Crippen LogP contribution is 2.39. The zero-order valence-electron chi connectivity index (χ0n) is 17.4. The van der Waals surface area contributed by atoms with E-state index in [1.807, 2.05) is 19.1 Å². The van der Waals surface area contributed by atoms with Gasteiger partial charge in [0.25, 0.3) is 0 Å². The number of amides is 2. The van der Waals surface area contributed by atoms with Gasteiger partial charge in [-0.25, -0.2) is 9.78 Å². The lowest BCUT2D eigenvalue weighted by molar-refractivity contribution is 0.216. The van der Waals surface area contributed by atoms with Crippen molar-refractivity contribution in [1.82, 2.24) is 14.9 Å². The number of nitrogens with zero attached hydrogens (tertiary/aromatic N) is 4. The molecule has 1 aliphatic heterocycles. The third kappa shape index (κ3) is 4.92. The van der Waals surface area contributed by atoms with E-state index in [1.165, 1.54) is 11.3 Å². The van der Waals surface area contributed by atoms with Crippen LogP contribution in [0.3, 0.4) is 0 Å². The van der Waals surface area contributed by atoms with Gasteiger partial charge in [-0.3, -0.25) is 10.3 Å². The summed E-state index contributed by atoms with van der Waals surface area (Å²) in [6.45, 7) is 2.55. The number of benzene rings is 1. The van der Waals surface area contributed by atoms with E-state index < -0.39 is 11.2 Å². The van der Waals surface area contributed by atoms with E-state index in [0.29, 0.717) is 46.7 Å². The van der Waals surface area contributed by atoms with E-state index >= 15 is 0 Å². The lowest BCUT2D eigenvalue weighted by Gasteiger charge is -2.27. The van der Waals surface area contributed by atoms with E-state index in [4.69, 9.17) is 0 Å². The highest BCUT2D eigenvalue weighted by atomic mass is 32.2. The van der Waals surface area contributed by atoms with Gasteiger partial charge in [-0.15, -0.1) is 0 Å². The van der Waals surface area contributed by atoms with Crippen LogP contribution < -0.4 is 5.32 Å². The fourth-order valence-corrected chi connectivity index (χ4v) is 5.48. The van der Waals surface area contributed by atoms with Gasteiger partial charge >= 0.3 is 6.03 Å². The Labute approximate surface area is 192 Å². The van der Waals surface area contributed by atoms with Crippen LogP contribution in [0.4, 0.5) is 9.93 Å². The van der Waals surface area contributed by atoms with Crippen LogP contribution in [0.2, 0.25) is 0 Å². The van der Waals surface area contributed by atoms with Crippen LogP contribution in [0.1, 0.15) is 17.0 Å². The highest BCUT2D eigenvalue weighted by molar-refractivity contribution is 7.91. The molecule has 0 bridgehead atoms. The number of pyridine rings is 1. The van der Waals surface area contributed by atoms with Crippen molar-refractivity contribution in [2.45, 2.75) is 13.5 Å². The average Bonchev–Trinajstić information content (AvgIpc) is 3.23. The van der Waals surface area contributed by atoms with Gasteiger partial charge in [0.05, 0.1) is 47.6 Å². The number of hydrogen-bond acceptors (Lipinski definition) is 7. The van der Waals surface area contributed by atoms with Crippen LogP contribution >= 0.6 is 11.3 Å². The molecule has 1 aromatic carbocycles. The number of carbonyl (C=O) groups is 1. The maximum Gasteiger partial charge on any atom is 0.323 e. The highest BCUT2D eigenvalue weighted by Gasteiger charge is 2.25. The number of aryl methyl sites for hydroxylation is 1. The first-order valence-electron chi connectivity index (χ1n) is 9.98. The predicted octanol–water partition coefficient (Wildman–Crippen LogP) is 3.14. The second-order valence-corrected chi connectivity index (χ2v) is 10.00. The van der Waals surface area contributed by atoms with Crippen LogP contribution in [-0.2, 0) is 17.8 Å². The summed E-state index contributed by atoms with van der Waals surface area (Å²) in [5.41, 5.74) is 4.02. The Kier molecular flexibility index (Phi) is 6.72. The van der Waals surface area contributed by atoms with Crippen molar-refractivity contribution >= 4 is 33.7 Å². The lowest BCUT2D eigenvalue weighted by Crippen LogP contribution is -2.45. The van der Waals surface area contributed by atoms with Gasteiger partial charge in [0, 0.05) is 11.3 Å². The minimum absolute atomic E-state index is 0.188. The number of nitrogens with one attached hydrogen (secondary N) is 1. The number of aliphatic hydroxyl groups is 1. The number of thiazole rings is 1. The molecule has 2 amide bonds. The Morgan fingerprint density at radius 3 is 2.78 bits per heavy atom. The second-order valence-electron chi connectivity index (χ2n) is 7.30. The van der Waals surface area contributed by atoms with Crippen molar-refractivity contribution in [1.29, 1.82) is 5.26 Å². The normalized spacial score (nSPS) is 14.2. The van der Waals surface area contributed by atoms with Gasteiger partial charge in [0.1, 0.15) is 11.5 Å². The molecule has 0 aliphatic carbocycles. The first-order valence-corrected chi connectivity index (χ1v) is 12.3. The topological polar surface area (TPSA) is 125 Å². The van der Waals surface area contributed by atoms with Gasteiger partial charge < -0.3 is 14.6 Å². The molecule has 32 heavy (non-hydrogen) atoms. The molecule has 8 nitrogen and oxygen atoms in total. The average molecular weight is 468 g/mol. The fraction of sp³-hybridized carbons (Fsp3) is 0.273. The molecule has 0 saturated carbocycles. The number of anilines is 1. The molecule has 0 atom stereocenters. The lowest BCUT2D eigenvalue weighted by atomic mass is 10.0. The number of hydrogen-bond donors (Lipinski definition) is 2. The smallest absolute Gasteiger partial charge is 0.323 e. The van der Waals surface area contributed by atoms with Crippen molar-refractivity contribution < 1.29 is 14.5 Å². The largest absolute Gasteiger partial charge is 0.616 e. The molecule has 0 radical (unpaired) electrons. The molecule has 1 aliphatic rings. The zero-order valence-corrected chi connectivity index (χ0v) is 19.0. The Morgan fingerprint density at radius 2 is 2.06 bits per heavy atom. The van der Waals surface area contributed by atoms with Gasteiger partial charge in [0.15, 0.2) is 5.13 Å². The summed E-state index contributed by atoms with van der Waals surface area (Å²) >= 11 is 0.450. The van der Waals surface area contributed by atoms with Crippen molar-refractivity contribution in [2.75, 3.05) is 29.9 Å². The zero-order chi connectivity index (χ0) is 22.7. The molecule has 0 unspecified atom stereocenters. The van der Waals surface area contributed by atoms with E-state index in [1.54, 1.807) is 29.2 Å². The number of rotatable bonds is 4. The molecule has 2 aromatic heterocycles. The molecule has 3 heterocycles. The minimum Gasteiger partial charge on any atom is -0.616 e. The summed E-state index contributed by atoms with van der Waals surface area (Å²) < 4.78 is 11.6.